The van der Waals surface area contributed by atoms with E-state index in [1.807, 2.05) is 0 Å². The smallest absolute Gasteiger partial charge is 0.286 e. The molecule has 0 atom stereocenters. The normalized spacial score (nSPS) is 14.4. The van der Waals surface area contributed by atoms with E-state index in [0.29, 0.717) is 25.3 Å². The van der Waals surface area contributed by atoms with E-state index >= 15 is 0 Å². The van der Waals surface area contributed by atoms with Crippen molar-refractivity contribution in [1.29, 1.82) is 0 Å². The number of amides is 1. The molecule has 102 valence electrons. The third-order valence-electron chi connectivity index (χ3n) is 2.85. The molecule has 19 heavy (non-hydrogen) atoms. The van der Waals surface area contributed by atoms with Crippen LogP contribution in [0, 0.1) is 0 Å². The van der Waals surface area contributed by atoms with Crippen LogP contribution in [-0.2, 0) is 11.2 Å². The summed E-state index contributed by atoms with van der Waals surface area (Å²) in [6.45, 7) is 1.91. The minimum atomic E-state index is -0.206. The maximum Gasteiger partial charge on any atom is 0.286 e. The van der Waals surface area contributed by atoms with Gasteiger partial charge in [-0.25, -0.2) is 0 Å². The second-order valence-corrected chi connectivity index (χ2v) is 4.34. The van der Waals surface area contributed by atoms with Crippen LogP contribution in [0.4, 0.5) is 0 Å². The zero-order chi connectivity index (χ0) is 13.7. The number of hydrogen-bond donors (Lipinski definition) is 4. The summed E-state index contributed by atoms with van der Waals surface area (Å²) in [6, 6.07) is 4.62. The topological polar surface area (TPSA) is 94.0 Å². The molecule has 0 spiro atoms. The lowest BCUT2D eigenvalue weighted by Gasteiger charge is -2.14. The Hall–Kier alpha value is -2.24. The van der Waals surface area contributed by atoms with E-state index < -0.39 is 0 Å². The van der Waals surface area contributed by atoms with Crippen molar-refractivity contribution < 1.29 is 15.0 Å². The second-order valence-electron chi connectivity index (χ2n) is 4.34. The monoisotopic (exact) mass is 263 g/mol. The van der Waals surface area contributed by atoms with Gasteiger partial charge in [0.05, 0.1) is 0 Å². The fraction of sp³-hybridized carbons (Fsp3) is 0.385. The zero-order valence-electron chi connectivity index (χ0n) is 10.5. The Morgan fingerprint density at radius 2 is 2.21 bits per heavy atom. The number of hydrogen-bond acceptors (Lipinski definition) is 5. The maximum absolute atomic E-state index is 11.7. The second kappa shape index (κ2) is 6.08. The summed E-state index contributed by atoms with van der Waals surface area (Å²) in [5.74, 6) is -0.113. The number of nitrogens with one attached hydrogen (secondary N) is 2. The van der Waals surface area contributed by atoms with Gasteiger partial charge in [0.15, 0.2) is 17.3 Å². The fourth-order valence-electron chi connectivity index (χ4n) is 1.81. The van der Waals surface area contributed by atoms with Crippen LogP contribution in [0.3, 0.4) is 0 Å². The van der Waals surface area contributed by atoms with Crippen LogP contribution in [0.2, 0.25) is 0 Å². The van der Waals surface area contributed by atoms with E-state index in [1.54, 1.807) is 6.07 Å². The number of nitrogens with zero attached hydrogens (tertiary/aromatic N) is 1. The van der Waals surface area contributed by atoms with E-state index in [9.17, 15) is 15.0 Å². The molecule has 2 rings (SSSR count). The van der Waals surface area contributed by atoms with Crippen LogP contribution >= 0.6 is 0 Å². The summed E-state index contributed by atoms with van der Waals surface area (Å²) >= 11 is 0. The van der Waals surface area contributed by atoms with Gasteiger partial charge in [-0.1, -0.05) is 6.07 Å². The van der Waals surface area contributed by atoms with Crippen molar-refractivity contribution in [3.8, 4) is 11.5 Å². The summed E-state index contributed by atoms with van der Waals surface area (Å²) in [7, 11) is 0. The summed E-state index contributed by atoms with van der Waals surface area (Å²) in [6.07, 6.45) is 1.52. The van der Waals surface area contributed by atoms with E-state index in [-0.39, 0.29) is 17.4 Å². The molecule has 0 bridgehead atoms. The molecule has 6 heteroatoms. The van der Waals surface area contributed by atoms with Crippen molar-refractivity contribution in [3.63, 3.8) is 0 Å². The first-order valence-electron chi connectivity index (χ1n) is 6.24. The lowest BCUT2D eigenvalue weighted by molar-refractivity contribution is -0.115. The molecule has 1 amide bonds. The molecular weight excluding hydrogens is 246 g/mol. The zero-order valence-corrected chi connectivity index (χ0v) is 10.5. The van der Waals surface area contributed by atoms with Crippen molar-refractivity contribution in [2.24, 2.45) is 4.99 Å². The number of amidine groups is 1. The highest BCUT2D eigenvalue weighted by molar-refractivity contribution is 6.37. The molecular formula is C13H17N3O3. The maximum atomic E-state index is 11.7. The predicted octanol–water partition coefficient (Wildman–Crippen LogP) is 0.148. The van der Waals surface area contributed by atoms with Gasteiger partial charge in [-0.05, 0) is 30.5 Å². The summed E-state index contributed by atoms with van der Waals surface area (Å²) in [5, 5.41) is 24.2. The van der Waals surface area contributed by atoms with Gasteiger partial charge < -0.3 is 20.8 Å². The molecule has 1 aromatic rings. The Kier molecular flexibility index (Phi) is 4.22. The van der Waals surface area contributed by atoms with Gasteiger partial charge >= 0.3 is 0 Å². The Balaban J connectivity index is 1.81. The number of carbonyl (C=O) groups excluding carboxylic acids is 1. The third-order valence-corrected chi connectivity index (χ3v) is 2.85. The van der Waals surface area contributed by atoms with Gasteiger partial charge in [-0.3, -0.25) is 9.79 Å². The first-order chi connectivity index (χ1) is 9.16. The largest absolute Gasteiger partial charge is 0.504 e. The van der Waals surface area contributed by atoms with E-state index in [1.165, 1.54) is 12.1 Å². The highest BCUT2D eigenvalue weighted by Gasteiger charge is 2.12. The standard InChI is InChI=1S/C13H17N3O3/c17-10-3-2-9(8-11(10)18)4-7-16-13(19)12-14-5-1-6-15-12/h2-3,8,17-18H,1,4-7H2,(H,14,15)(H,16,19). The minimum absolute atomic E-state index is 0.145. The quantitative estimate of drug-likeness (QED) is 0.582. The van der Waals surface area contributed by atoms with Gasteiger partial charge in [0, 0.05) is 19.6 Å². The Morgan fingerprint density at radius 3 is 2.89 bits per heavy atom. The van der Waals surface area contributed by atoms with Crippen LogP contribution in [0.1, 0.15) is 12.0 Å². The first-order valence-corrected chi connectivity index (χ1v) is 6.24. The molecule has 4 N–H and O–H groups in total. The van der Waals surface area contributed by atoms with E-state index in [2.05, 4.69) is 15.6 Å². The molecule has 1 aliphatic rings. The Bertz CT molecular complexity index is 500. The van der Waals surface area contributed by atoms with Crippen LogP contribution < -0.4 is 10.6 Å². The number of carbonyl (C=O) groups is 1. The van der Waals surface area contributed by atoms with Crippen molar-refractivity contribution in [2.75, 3.05) is 19.6 Å². The van der Waals surface area contributed by atoms with E-state index in [4.69, 9.17) is 0 Å². The first kappa shape index (κ1) is 13.2. The fourth-order valence-corrected chi connectivity index (χ4v) is 1.81. The molecule has 0 radical (unpaired) electrons. The predicted molar refractivity (Wildman–Crippen MR) is 71.4 cm³/mol. The lowest BCUT2D eigenvalue weighted by atomic mass is 10.1. The molecule has 0 aliphatic carbocycles. The lowest BCUT2D eigenvalue weighted by Crippen LogP contribution is -2.43. The molecule has 6 nitrogen and oxygen atoms in total. The summed E-state index contributed by atoms with van der Waals surface area (Å²) in [5.41, 5.74) is 0.842. The molecule has 1 heterocycles. The van der Waals surface area contributed by atoms with Crippen LogP contribution in [-0.4, -0.2) is 41.6 Å². The summed E-state index contributed by atoms with van der Waals surface area (Å²) < 4.78 is 0. The number of phenols is 2. The minimum Gasteiger partial charge on any atom is -0.504 e. The number of aromatic hydroxyl groups is 2. The average Bonchev–Trinajstić information content (AvgIpc) is 2.43. The molecule has 0 fully saturated rings. The van der Waals surface area contributed by atoms with Crippen molar-refractivity contribution >= 4 is 11.7 Å². The number of benzene rings is 1. The van der Waals surface area contributed by atoms with Gasteiger partial charge in [-0.2, -0.15) is 0 Å². The third kappa shape index (κ3) is 3.61. The summed E-state index contributed by atoms with van der Waals surface area (Å²) in [4.78, 5) is 15.8. The molecule has 0 saturated heterocycles. The van der Waals surface area contributed by atoms with Gasteiger partial charge in [0.2, 0.25) is 0 Å². The van der Waals surface area contributed by atoms with Gasteiger partial charge in [0.1, 0.15) is 0 Å². The van der Waals surface area contributed by atoms with Gasteiger partial charge in [0.25, 0.3) is 5.91 Å². The van der Waals surface area contributed by atoms with Crippen LogP contribution in [0.5, 0.6) is 11.5 Å². The van der Waals surface area contributed by atoms with Crippen molar-refractivity contribution in [3.05, 3.63) is 23.8 Å². The van der Waals surface area contributed by atoms with Crippen molar-refractivity contribution in [2.45, 2.75) is 12.8 Å². The number of phenolic OH excluding ortho intramolecular Hbond substituents is 2. The highest BCUT2D eigenvalue weighted by Crippen LogP contribution is 2.24. The average molecular weight is 263 g/mol. The van der Waals surface area contributed by atoms with Gasteiger partial charge in [-0.15, -0.1) is 0 Å². The van der Waals surface area contributed by atoms with Crippen LogP contribution in [0.15, 0.2) is 23.2 Å². The highest BCUT2D eigenvalue weighted by atomic mass is 16.3. The Morgan fingerprint density at radius 1 is 1.37 bits per heavy atom. The van der Waals surface area contributed by atoms with E-state index in [0.717, 1.165) is 18.5 Å². The molecule has 0 aromatic heterocycles. The number of aliphatic imine (C=N–C) groups is 1. The molecule has 1 aromatic carbocycles. The SMILES string of the molecule is O=C(NCCc1ccc(O)c(O)c1)C1=NCCCN1. The molecule has 0 saturated carbocycles. The molecule has 0 unspecified atom stereocenters. The molecule has 1 aliphatic heterocycles. The van der Waals surface area contributed by atoms with Crippen molar-refractivity contribution in [1.82, 2.24) is 10.6 Å². The Labute approximate surface area is 111 Å². The number of rotatable bonds is 4. The van der Waals surface area contributed by atoms with Crippen LogP contribution in [0.25, 0.3) is 0 Å².